The molecule has 3 atom stereocenters. The molecule has 1 saturated heterocycles. The van der Waals surface area contributed by atoms with Crippen molar-refractivity contribution in [3.05, 3.63) is 54.1 Å². The number of benzene rings is 2. The van der Waals surface area contributed by atoms with Crippen molar-refractivity contribution in [2.45, 2.75) is 26.2 Å². The van der Waals surface area contributed by atoms with Crippen molar-refractivity contribution in [1.82, 2.24) is 0 Å². The van der Waals surface area contributed by atoms with E-state index in [4.69, 9.17) is 9.47 Å². The zero-order valence-electron chi connectivity index (χ0n) is 18.6. The van der Waals surface area contributed by atoms with Crippen molar-refractivity contribution in [2.24, 2.45) is 17.8 Å². The Hall–Kier alpha value is -3.68. The number of carbonyl (C=O) groups excluding carboxylic acids is 4. The van der Waals surface area contributed by atoms with Gasteiger partial charge in [0.2, 0.25) is 11.8 Å². The number of imide groups is 1. The van der Waals surface area contributed by atoms with E-state index >= 15 is 0 Å². The molecule has 8 nitrogen and oxygen atoms in total. The summed E-state index contributed by atoms with van der Waals surface area (Å²) in [5.74, 6) is -1.23. The molecule has 2 fully saturated rings. The molecule has 1 N–H and O–H groups in total. The summed E-state index contributed by atoms with van der Waals surface area (Å²) in [5, 5.41) is 2.63. The third-order valence-electron chi connectivity index (χ3n) is 6.22. The van der Waals surface area contributed by atoms with E-state index in [0.717, 1.165) is 6.42 Å². The van der Waals surface area contributed by atoms with Gasteiger partial charge >= 0.3 is 5.97 Å². The highest BCUT2D eigenvalue weighted by atomic mass is 16.5. The van der Waals surface area contributed by atoms with Gasteiger partial charge in [0.1, 0.15) is 5.75 Å². The van der Waals surface area contributed by atoms with Crippen molar-refractivity contribution >= 4 is 35.1 Å². The lowest BCUT2D eigenvalue weighted by Gasteiger charge is -2.25. The van der Waals surface area contributed by atoms with E-state index < -0.39 is 18.5 Å². The largest absolute Gasteiger partial charge is 0.497 e. The number of rotatable bonds is 6. The van der Waals surface area contributed by atoms with Crippen LogP contribution in [0.1, 0.15) is 36.5 Å². The van der Waals surface area contributed by atoms with Crippen LogP contribution in [0.25, 0.3) is 0 Å². The molecular formula is C25H26N2O6. The first-order valence-electron chi connectivity index (χ1n) is 11.0. The molecule has 33 heavy (non-hydrogen) atoms. The minimum absolute atomic E-state index is 0.158. The molecule has 2 aromatic carbocycles. The van der Waals surface area contributed by atoms with Crippen LogP contribution in [0.15, 0.2) is 48.5 Å². The second kappa shape index (κ2) is 9.44. The lowest BCUT2D eigenvalue weighted by Crippen LogP contribution is -2.31. The molecule has 4 rings (SSSR count). The summed E-state index contributed by atoms with van der Waals surface area (Å²) in [4.78, 5) is 51.7. The Labute approximate surface area is 191 Å². The minimum Gasteiger partial charge on any atom is -0.497 e. The van der Waals surface area contributed by atoms with E-state index in [1.807, 2.05) is 0 Å². The Bertz CT molecular complexity index is 1100. The number of nitrogens with one attached hydrogen (secondary N) is 1. The number of carbonyl (C=O) groups is 4. The number of fused-ring (bicyclic) bond motifs is 1. The maximum absolute atomic E-state index is 12.9. The fourth-order valence-electron chi connectivity index (χ4n) is 4.53. The highest BCUT2D eigenvalue weighted by Gasteiger charge is 2.50. The van der Waals surface area contributed by atoms with Gasteiger partial charge < -0.3 is 14.8 Å². The fraction of sp³-hybridized carbons (Fsp3) is 0.360. The molecule has 2 aromatic rings. The number of methoxy groups -OCH3 is 1. The smallest absolute Gasteiger partial charge is 0.338 e. The molecule has 0 unspecified atom stereocenters. The van der Waals surface area contributed by atoms with E-state index in [-0.39, 0.29) is 29.2 Å². The van der Waals surface area contributed by atoms with Gasteiger partial charge in [0.25, 0.3) is 5.91 Å². The van der Waals surface area contributed by atoms with Gasteiger partial charge in [-0.3, -0.25) is 19.3 Å². The molecule has 8 heteroatoms. The third kappa shape index (κ3) is 4.74. The monoisotopic (exact) mass is 450 g/mol. The first kappa shape index (κ1) is 22.5. The van der Waals surface area contributed by atoms with E-state index in [9.17, 15) is 19.2 Å². The average molecular weight is 450 g/mol. The normalized spacial score (nSPS) is 22.0. The molecule has 2 aliphatic rings. The first-order valence-corrected chi connectivity index (χ1v) is 11.0. The third-order valence-corrected chi connectivity index (χ3v) is 6.22. The lowest BCUT2D eigenvalue weighted by atomic mass is 9.76. The number of hydrogen-bond acceptors (Lipinski definition) is 6. The topological polar surface area (TPSA) is 102 Å². The summed E-state index contributed by atoms with van der Waals surface area (Å²) < 4.78 is 10.2. The summed E-state index contributed by atoms with van der Waals surface area (Å²) in [5.41, 5.74) is 1.02. The van der Waals surface area contributed by atoms with Gasteiger partial charge in [0, 0.05) is 11.8 Å². The van der Waals surface area contributed by atoms with Crippen molar-refractivity contribution in [3.63, 3.8) is 0 Å². The Kier molecular flexibility index (Phi) is 6.44. The summed E-state index contributed by atoms with van der Waals surface area (Å²) in [6, 6.07) is 13.0. The number of ether oxygens (including phenoxy) is 2. The van der Waals surface area contributed by atoms with Crippen LogP contribution in [-0.4, -0.2) is 37.4 Å². The number of esters is 1. The van der Waals surface area contributed by atoms with Crippen LogP contribution in [0, 0.1) is 17.8 Å². The number of anilines is 2. The van der Waals surface area contributed by atoms with Crippen LogP contribution in [0.5, 0.6) is 5.75 Å². The predicted octanol–water partition coefficient (Wildman–Crippen LogP) is 3.42. The highest BCUT2D eigenvalue weighted by Crippen LogP contribution is 2.42. The zero-order valence-corrected chi connectivity index (χ0v) is 18.6. The quantitative estimate of drug-likeness (QED) is 0.535. The van der Waals surface area contributed by atoms with Crippen molar-refractivity contribution in [1.29, 1.82) is 0 Å². The second-order valence-electron chi connectivity index (χ2n) is 8.55. The zero-order chi connectivity index (χ0) is 23.5. The lowest BCUT2D eigenvalue weighted by molar-refractivity contribution is -0.122. The molecule has 172 valence electrons. The Morgan fingerprint density at radius 3 is 2.58 bits per heavy atom. The van der Waals surface area contributed by atoms with Gasteiger partial charge in [0.15, 0.2) is 6.61 Å². The van der Waals surface area contributed by atoms with Gasteiger partial charge in [-0.15, -0.1) is 0 Å². The Morgan fingerprint density at radius 1 is 1.03 bits per heavy atom. The molecule has 1 heterocycles. The second-order valence-corrected chi connectivity index (χ2v) is 8.55. The SMILES string of the molecule is COc1cccc(NC(=O)COC(=O)c2cccc(N3C(=O)[C@H]4C[C@@H](C)CC[C@H]4C3=O)c2)c1. The summed E-state index contributed by atoms with van der Waals surface area (Å²) in [7, 11) is 1.52. The van der Waals surface area contributed by atoms with Crippen LogP contribution in [0.2, 0.25) is 0 Å². The maximum atomic E-state index is 12.9. The summed E-state index contributed by atoms with van der Waals surface area (Å²) >= 11 is 0. The number of hydrogen-bond donors (Lipinski definition) is 1. The van der Waals surface area contributed by atoms with E-state index in [2.05, 4.69) is 12.2 Å². The molecule has 1 aliphatic heterocycles. The van der Waals surface area contributed by atoms with Crippen LogP contribution in [0.3, 0.4) is 0 Å². The molecule has 0 bridgehead atoms. The van der Waals surface area contributed by atoms with Crippen molar-refractivity contribution in [2.75, 3.05) is 23.9 Å². The minimum atomic E-state index is -0.720. The summed E-state index contributed by atoms with van der Waals surface area (Å²) in [6.07, 6.45) is 2.34. The average Bonchev–Trinajstić information content (AvgIpc) is 3.06. The molecule has 1 aliphatic carbocycles. The standard InChI is InChI=1S/C25H26N2O6/c1-15-9-10-20-21(11-15)24(30)27(23(20)29)18-7-3-5-16(12-18)25(31)33-14-22(28)26-17-6-4-8-19(13-17)32-2/h3-8,12-13,15,20-21H,9-11,14H2,1-2H3,(H,26,28)/t15-,20+,21-/m0/s1. The molecule has 0 aromatic heterocycles. The van der Waals surface area contributed by atoms with Gasteiger partial charge in [0.05, 0.1) is 30.2 Å². The highest BCUT2D eigenvalue weighted by molar-refractivity contribution is 6.22. The maximum Gasteiger partial charge on any atom is 0.338 e. The van der Waals surface area contributed by atoms with Crippen LogP contribution < -0.4 is 15.0 Å². The van der Waals surface area contributed by atoms with E-state index in [1.165, 1.54) is 24.1 Å². The number of nitrogens with zero attached hydrogens (tertiary/aromatic N) is 1. The number of amides is 3. The van der Waals surface area contributed by atoms with E-state index in [1.54, 1.807) is 36.4 Å². The van der Waals surface area contributed by atoms with E-state index in [0.29, 0.717) is 35.9 Å². The van der Waals surface area contributed by atoms with Crippen LogP contribution >= 0.6 is 0 Å². The Morgan fingerprint density at radius 2 is 1.79 bits per heavy atom. The Balaban J connectivity index is 1.40. The molecule has 0 radical (unpaired) electrons. The summed E-state index contributed by atoms with van der Waals surface area (Å²) in [6.45, 7) is 1.61. The first-order chi connectivity index (χ1) is 15.9. The van der Waals surface area contributed by atoms with Gasteiger partial charge in [-0.25, -0.2) is 4.79 Å². The molecule has 1 saturated carbocycles. The van der Waals surface area contributed by atoms with Gasteiger partial charge in [-0.1, -0.05) is 19.1 Å². The molecule has 3 amide bonds. The fourth-order valence-corrected chi connectivity index (χ4v) is 4.53. The van der Waals surface area contributed by atoms with Crippen molar-refractivity contribution < 1.29 is 28.7 Å². The predicted molar refractivity (Wildman–Crippen MR) is 121 cm³/mol. The van der Waals surface area contributed by atoms with Gasteiger partial charge in [-0.05, 0) is 55.5 Å². The molecular weight excluding hydrogens is 424 g/mol. The molecule has 0 spiro atoms. The van der Waals surface area contributed by atoms with Crippen molar-refractivity contribution in [3.8, 4) is 5.75 Å². The van der Waals surface area contributed by atoms with Gasteiger partial charge in [-0.2, -0.15) is 0 Å². The van der Waals surface area contributed by atoms with Crippen LogP contribution in [-0.2, 0) is 19.1 Å². The van der Waals surface area contributed by atoms with Crippen LogP contribution in [0.4, 0.5) is 11.4 Å².